The van der Waals surface area contributed by atoms with Gasteiger partial charge in [0.1, 0.15) is 5.82 Å². The lowest BCUT2D eigenvalue weighted by molar-refractivity contribution is -0.141. The van der Waals surface area contributed by atoms with Crippen LogP contribution in [0.1, 0.15) is 41.6 Å². The van der Waals surface area contributed by atoms with Crippen LogP contribution < -0.4 is 0 Å². The Morgan fingerprint density at radius 3 is 2.29 bits per heavy atom. The fourth-order valence-corrected chi connectivity index (χ4v) is 1.72. The maximum absolute atomic E-state index is 13.1. The van der Waals surface area contributed by atoms with Crippen LogP contribution in [-0.2, 0) is 15.7 Å². The molecule has 0 aromatic heterocycles. The Morgan fingerprint density at radius 2 is 1.71 bits per heavy atom. The monoisotopic (exact) mass is 306 g/mol. The highest BCUT2D eigenvalue weighted by Crippen LogP contribution is 2.30. The van der Waals surface area contributed by atoms with Gasteiger partial charge in [-0.3, -0.25) is 9.59 Å². The molecule has 3 nitrogen and oxygen atoms in total. The van der Waals surface area contributed by atoms with Gasteiger partial charge in [0.05, 0.1) is 12.7 Å². The van der Waals surface area contributed by atoms with Crippen molar-refractivity contribution in [3.8, 4) is 0 Å². The van der Waals surface area contributed by atoms with Gasteiger partial charge in [0.25, 0.3) is 0 Å². The molecule has 0 aliphatic rings. The molecule has 0 radical (unpaired) electrons. The van der Waals surface area contributed by atoms with E-state index in [2.05, 4.69) is 4.74 Å². The first-order chi connectivity index (χ1) is 9.74. The second-order valence-electron chi connectivity index (χ2n) is 4.43. The third-order valence-electron chi connectivity index (χ3n) is 2.81. The van der Waals surface area contributed by atoms with Crippen molar-refractivity contribution in [3.05, 3.63) is 35.1 Å². The molecule has 1 aromatic carbocycles. The number of unbranched alkanes of at least 4 members (excludes halogenated alkanes) is 1. The van der Waals surface area contributed by atoms with E-state index in [4.69, 9.17) is 0 Å². The zero-order chi connectivity index (χ0) is 16.0. The number of hydrogen-bond donors (Lipinski definition) is 0. The Morgan fingerprint density at radius 1 is 1.10 bits per heavy atom. The van der Waals surface area contributed by atoms with E-state index in [1.807, 2.05) is 0 Å². The molecule has 0 fully saturated rings. The van der Waals surface area contributed by atoms with E-state index < -0.39 is 29.3 Å². The molecule has 21 heavy (non-hydrogen) atoms. The molecule has 1 rings (SSSR count). The number of alkyl halides is 3. The maximum atomic E-state index is 13.1. The van der Waals surface area contributed by atoms with Gasteiger partial charge in [0, 0.05) is 18.4 Å². The second-order valence-corrected chi connectivity index (χ2v) is 4.43. The predicted octanol–water partition coefficient (Wildman–Crippen LogP) is 3.76. The number of ether oxygens (including phenoxy) is 1. The van der Waals surface area contributed by atoms with Crippen LogP contribution in [-0.4, -0.2) is 18.9 Å². The molecule has 0 unspecified atom stereocenters. The predicted molar refractivity (Wildman–Crippen MR) is 66.2 cm³/mol. The van der Waals surface area contributed by atoms with Crippen molar-refractivity contribution in [2.24, 2.45) is 0 Å². The largest absolute Gasteiger partial charge is 0.469 e. The maximum Gasteiger partial charge on any atom is 0.416 e. The van der Waals surface area contributed by atoms with Crippen molar-refractivity contribution in [2.75, 3.05) is 7.11 Å². The summed E-state index contributed by atoms with van der Waals surface area (Å²) in [7, 11) is 1.24. The van der Waals surface area contributed by atoms with Gasteiger partial charge in [0.15, 0.2) is 5.78 Å². The standard InChI is InChI=1S/C14H14F4O3/c1-21-13(20)5-3-2-4-12(19)9-6-10(14(16,17)18)8-11(15)7-9/h6-8H,2-5H2,1H3. The average molecular weight is 306 g/mol. The van der Waals surface area contributed by atoms with Crippen molar-refractivity contribution in [3.63, 3.8) is 0 Å². The molecule has 116 valence electrons. The van der Waals surface area contributed by atoms with Crippen molar-refractivity contribution in [1.82, 2.24) is 0 Å². The summed E-state index contributed by atoms with van der Waals surface area (Å²) >= 11 is 0. The highest BCUT2D eigenvalue weighted by Gasteiger charge is 2.31. The summed E-state index contributed by atoms with van der Waals surface area (Å²) in [5.41, 5.74) is -1.51. The number of esters is 1. The summed E-state index contributed by atoms with van der Waals surface area (Å²) in [6, 6.07) is 1.75. The molecule has 0 aliphatic heterocycles. The summed E-state index contributed by atoms with van der Waals surface area (Å²) < 4.78 is 55.1. The molecule has 0 spiro atoms. The first-order valence-corrected chi connectivity index (χ1v) is 6.22. The van der Waals surface area contributed by atoms with E-state index in [0.29, 0.717) is 25.0 Å². The fourth-order valence-electron chi connectivity index (χ4n) is 1.72. The molecule has 0 saturated heterocycles. The number of rotatable bonds is 6. The summed E-state index contributed by atoms with van der Waals surface area (Å²) in [5, 5.41) is 0. The Bertz CT molecular complexity index is 523. The van der Waals surface area contributed by atoms with E-state index in [-0.39, 0.29) is 18.4 Å². The van der Waals surface area contributed by atoms with Gasteiger partial charge in [-0.05, 0) is 31.0 Å². The van der Waals surface area contributed by atoms with Crippen LogP contribution in [0.25, 0.3) is 0 Å². The second kappa shape index (κ2) is 7.19. The Kier molecular flexibility index (Phi) is 5.87. The first-order valence-electron chi connectivity index (χ1n) is 6.22. The summed E-state index contributed by atoms with van der Waals surface area (Å²) in [6.45, 7) is 0. The van der Waals surface area contributed by atoms with Crippen molar-refractivity contribution in [1.29, 1.82) is 0 Å². The molecule has 0 amide bonds. The lowest BCUT2D eigenvalue weighted by atomic mass is 10.0. The molecule has 0 atom stereocenters. The Hall–Kier alpha value is -1.92. The summed E-state index contributed by atoms with van der Waals surface area (Å²) in [6.07, 6.45) is -3.95. The van der Waals surface area contributed by atoms with Crippen LogP contribution in [0.3, 0.4) is 0 Å². The third-order valence-corrected chi connectivity index (χ3v) is 2.81. The van der Waals surface area contributed by atoms with Gasteiger partial charge >= 0.3 is 12.1 Å². The summed E-state index contributed by atoms with van der Waals surface area (Å²) in [5.74, 6) is -2.12. The molecular formula is C14H14F4O3. The van der Waals surface area contributed by atoms with Crippen LogP contribution in [0.2, 0.25) is 0 Å². The number of Topliss-reactive ketones (excluding diaryl/α,β-unsaturated/α-hetero) is 1. The van der Waals surface area contributed by atoms with E-state index in [0.717, 1.165) is 6.07 Å². The number of carbonyl (C=O) groups excluding carboxylic acids is 2. The molecular weight excluding hydrogens is 292 g/mol. The fraction of sp³-hybridized carbons (Fsp3) is 0.429. The Balaban J connectivity index is 2.66. The van der Waals surface area contributed by atoms with Gasteiger partial charge < -0.3 is 4.74 Å². The quantitative estimate of drug-likeness (QED) is 0.348. The SMILES string of the molecule is COC(=O)CCCCC(=O)c1cc(F)cc(C(F)(F)F)c1. The van der Waals surface area contributed by atoms with Crippen molar-refractivity contribution >= 4 is 11.8 Å². The van der Waals surface area contributed by atoms with Gasteiger partial charge in [-0.15, -0.1) is 0 Å². The summed E-state index contributed by atoms with van der Waals surface area (Å²) in [4.78, 5) is 22.6. The number of benzene rings is 1. The van der Waals surface area contributed by atoms with E-state index in [1.165, 1.54) is 7.11 Å². The van der Waals surface area contributed by atoms with Gasteiger partial charge in [-0.25, -0.2) is 4.39 Å². The van der Waals surface area contributed by atoms with Crippen molar-refractivity contribution < 1.29 is 31.9 Å². The molecule has 0 bridgehead atoms. The topological polar surface area (TPSA) is 43.4 Å². The third kappa shape index (κ3) is 5.53. The zero-order valence-electron chi connectivity index (χ0n) is 11.3. The molecule has 0 aliphatic carbocycles. The smallest absolute Gasteiger partial charge is 0.416 e. The first kappa shape index (κ1) is 17.1. The Labute approximate surface area is 118 Å². The van der Waals surface area contributed by atoms with E-state index >= 15 is 0 Å². The van der Waals surface area contributed by atoms with Crippen LogP contribution in [0.15, 0.2) is 18.2 Å². The normalized spacial score (nSPS) is 11.3. The molecule has 0 heterocycles. The number of carbonyl (C=O) groups is 2. The van der Waals surface area contributed by atoms with E-state index in [1.54, 1.807) is 0 Å². The van der Waals surface area contributed by atoms with Gasteiger partial charge in [0.2, 0.25) is 0 Å². The number of ketones is 1. The lowest BCUT2D eigenvalue weighted by Gasteiger charge is -2.09. The van der Waals surface area contributed by atoms with Crippen LogP contribution >= 0.6 is 0 Å². The van der Waals surface area contributed by atoms with E-state index in [9.17, 15) is 27.2 Å². The van der Waals surface area contributed by atoms with Crippen LogP contribution in [0.4, 0.5) is 17.6 Å². The molecule has 0 saturated carbocycles. The van der Waals surface area contributed by atoms with Gasteiger partial charge in [-0.2, -0.15) is 13.2 Å². The molecule has 1 aromatic rings. The number of hydrogen-bond acceptors (Lipinski definition) is 3. The molecule has 0 N–H and O–H groups in total. The van der Waals surface area contributed by atoms with Crippen molar-refractivity contribution in [2.45, 2.75) is 31.9 Å². The molecule has 7 heteroatoms. The minimum absolute atomic E-state index is 0.0578. The van der Waals surface area contributed by atoms with Gasteiger partial charge in [-0.1, -0.05) is 0 Å². The zero-order valence-corrected chi connectivity index (χ0v) is 11.3. The highest BCUT2D eigenvalue weighted by molar-refractivity contribution is 5.96. The number of methoxy groups -OCH3 is 1. The van der Waals surface area contributed by atoms with Crippen LogP contribution in [0.5, 0.6) is 0 Å². The minimum Gasteiger partial charge on any atom is -0.469 e. The van der Waals surface area contributed by atoms with Crippen LogP contribution in [0, 0.1) is 5.82 Å². The lowest BCUT2D eigenvalue weighted by Crippen LogP contribution is -2.09. The highest BCUT2D eigenvalue weighted by atomic mass is 19.4. The average Bonchev–Trinajstić information content (AvgIpc) is 2.41. The number of halogens is 4. The minimum atomic E-state index is -4.71.